The van der Waals surface area contributed by atoms with Gasteiger partial charge in [-0.15, -0.1) is 0 Å². The number of carbonyl (C=O) groups is 2. The average molecular weight is 836 g/mol. The number of phosphoric acid groups is 1. The minimum absolute atomic E-state index is 0.0147. The first-order valence-corrected chi connectivity index (χ1v) is 24.0. The highest BCUT2D eigenvalue weighted by Crippen LogP contribution is 2.43. The van der Waals surface area contributed by atoms with Gasteiger partial charge in [0.25, 0.3) is 0 Å². The fraction of sp³-hybridized carbons (Fsp3) is 0.702. The number of phosphoric ester groups is 1. The van der Waals surface area contributed by atoms with Crippen molar-refractivity contribution in [1.82, 2.24) is 0 Å². The van der Waals surface area contributed by atoms with Crippen molar-refractivity contribution in [2.45, 2.75) is 187 Å². The Kier molecular flexibility index (Phi) is 40.6. The number of rotatable bonds is 42. The summed E-state index contributed by atoms with van der Waals surface area (Å²) in [7, 11) is -4.64. The van der Waals surface area contributed by atoms with Crippen LogP contribution in [0.15, 0.2) is 72.9 Å². The molecule has 0 radical (unpaired) electrons. The van der Waals surface area contributed by atoms with Crippen LogP contribution in [0, 0.1) is 0 Å². The van der Waals surface area contributed by atoms with E-state index in [-0.39, 0.29) is 13.0 Å². The molecular formula is C47H82NO9P. The number of ether oxygens (including phenoxy) is 2. The molecule has 0 saturated carbocycles. The quantitative estimate of drug-likeness (QED) is 0.0234. The topological polar surface area (TPSA) is 155 Å². The summed E-state index contributed by atoms with van der Waals surface area (Å²) in [6, 6.07) is -1.49. The fourth-order valence-corrected chi connectivity index (χ4v) is 6.58. The highest BCUT2D eigenvalue weighted by atomic mass is 31.2. The molecule has 0 spiro atoms. The van der Waals surface area contributed by atoms with Crippen LogP contribution in [-0.4, -0.2) is 60.5 Å². The number of unbranched alkanes of at least 4 members (excludes halogenated alkanes) is 16. The summed E-state index contributed by atoms with van der Waals surface area (Å²) in [5, 5.41) is 8.90. The molecule has 0 aromatic carbocycles. The second-order valence-electron chi connectivity index (χ2n) is 14.8. The predicted molar refractivity (Wildman–Crippen MR) is 240 cm³/mol. The largest absolute Gasteiger partial charge is 0.480 e. The molecule has 334 valence electrons. The lowest BCUT2D eigenvalue weighted by Crippen LogP contribution is -2.34. The normalized spacial score (nSPS) is 14.6. The molecule has 0 aliphatic rings. The Labute approximate surface area is 353 Å². The van der Waals surface area contributed by atoms with Crippen molar-refractivity contribution in [3.05, 3.63) is 72.9 Å². The van der Waals surface area contributed by atoms with Gasteiger partial charge in [-0.3, -0.25) is 18.6 Å². The van der Waals surface area contributed by atoms with E-state index in [9.17, 15) is 19.0 Å². The van der Waals surface area contributed by atoms with Gasteiger partial charge < -0.3 is 25.2 Å². The Bertz CT molecular complexity index is 1200. The van der Waals surface area contributed by atoms with Gasteiger partial charge in [-0.05, 0) is 51.4 Å². The molecule has 58 heavy (non-hydrogen) atoms. The number of esters is 1. The molecule has 0 rings (SSSR count). The van der Waals surface area contributed by atoms with Gasteiger partial charge >= 0.3 is 19.8 Å². The van der Waals surface area contributed by atoms with E-state index in [0.717, 1.165) is 57.8 Å². The summed E-state index contributed by atoms with van der Waals surface area (Å²) in [6.45, 7) is 3.68. The first kappa shape index (κ1) is 55.4. The van der Waals surface area contributed by atoms with Crippen molar-refractivity contribution < 1.29 is 42.7 Å². The van der Waals surface area contributed by atoms with Gasteiger partial charge in [-0.2, -0.15) is 0 Å². The summed E-state index contributed by atoms with van der Waals surface area (Å²) < 4.78 is 33.3. The second-order valence-corrected chi connectivity index (χ2v) is 16.3. The third kappa shape index (κ3) is 41.6. The van der Waals surface area contributed by atoms with Crippen LogP contribution in [-0.2, 0) is 32.7 Å². The van der Waals surface area contributed by atoms with Gasteiger partial charge in [0.1, 0.15) is 12.1 Å². The molecule has 3 atom stereocenters. The molecule has 0 bridgehead atoms. The minimum atomic E-state index is -4.64. The number of hydrogen-bond donors (Lipinski definition) is 3. The molecule has 0 aliphatic carbocycles. The zero-order chi connectivity index (χ0) is 42.6. The predicted octanol–water partition coefficient (Wildman–Crippen LogP) is 12.6. The van der Waals surface area contributed by atoms with Gasteiger partial charge in [0.2, 0.25) is 0 Å². The second kappa shape index (κ2) is 42.5. The number of aliphatic carboxylic acids is 1. The summed E-state index contributed by atoms with van der Waals surface area (Å²) in [5.74, 6) is -1.87. The molecule has 0 aromatic heterocycles. The van der Waals surface area contributed by atoms with Crippen LogP contribution in [0.3, 0.4) is 0 Å². The van der Waals surface area contributed by atoms with Crippen LogP contribution in [0.4, 0.5) is 0 Å². The minimum Gasteiger partial charge on any atom is -0.480 e. The third-order valence-electron chi connectivity index (χ3n) is 9.26. The Balaban J connectivity index is 4.35. The van der Waals surface area contributed by atoms with Gasteiger partial charge in [-0.1, -0.05) is 189 Å². The SMILES string of the molecule is CC/C=C\C/C=C\C/C=C\C/C=C\C/C=C\C/C=C\CCC(=O)OC(COCCCCCCCCCCCCCCCCCCC)COP(=O)(O)OCC(N)C(=O)O. The zero-order valence-electron chi connectivity index (χ0n) is 36.4. The summed E-state index contributed by atoms with van der Waals surface area (Å²) >= 11 is 0. The fourth-order valence-electron chi connectivity index (χ4n) is 5.81. The molecule has 0 aromatic rings. The van der Waals surface area contributed by atoms with E-state index >= 15 is 0 Å². The number of carbonyl (C=O) groups excluding carboxylic acids is 1. The smallest absolute Gasteiger partial charge is 0.472 e. The number of hydrogen-bond acceptors (Lipinski definition) is 8. The van der Waals surface area contributed by atoms with Gasteiger partial charge in [-0.25, -0.2) is 4.57 Å². The van der Waals surface area contributed by atoms with Crippen LogP contribution in [0.5, 0.6) is 0 Å². The third-order valence-corrected chi connectivity index (χ3v) is 10.2. The van der Waals surface area contributed by atoms with Crippen LogP contribution < -0.4 is 5.73 Å². The maximum Gasteiger partial charge on any atom is 0.472 e. The average Bonchev–Trinajstić information content (AvgIpc) is 3.20. The lowest BCUT2D eigenvalue weighted by molar-refractivity contribution is -0.154. The van der Waals surface area contributed by atoms with Crippen LogP contribution in [0.25, 0.3) is 0 Å². The van der Waals surface area contributed by atoms with E-state index in [0.29, 0.717) is 13.0 Å². The Morgan fingerprint density at radius 2 is 0.966 bits per heavy atom. The summed E-state index contributed by atoms with van der Waals surface area (Å²) in [5.41, 5.74) is 5.35. The van der Waals surface area contributed by atoms with Crippen molar-refractivity contribution in [3.8, 4) is 0 Å². The standard InChI is InChI=1S/C47H82NO9P/c1-3-5-7-9-11-13-15-17-19-21-22-23-25-27-29-31-33-35-37-39-46(49)57-44(42-55-58(52,53)56-43-45(48)47(50)51)41-54-40-38-36-34-32-30-28-26-24-20-18-16-14-12-10-8-6-4-2/h5,7,11,13,17,19,22-23,27,29,33,35,44-45H,3-4,6,8-10,12,14-16,18,20-21,24-26,28,30-32,34,36-43,48H2,1-2H3,(H,50,51)(H,52,53)/b7-5-,13-11-,19-17-,23-22-,29-27-,35-33-. The van der Waals surface area contributed by atoms with Crippen molar-refractivity contribution in [3.63, 3.8) is 0 Å². The Morgan fingerprint density at radius 3 is 1.40 bits per heavy atom. The number of allylic oxidation sites excluding steroid dienone is 12. The first-order chi connectivity index (χ1) is 28.2. The molecular weight excluding hydrogens is 753 g/mol. The van der Waals surface area contributed by atoms with Crippen LogP contribution >= 0.6 is 7.82 Å². The monoisotopic (exact) mass is 836 g/mol. The lowest BCUT2D eigenvalue weighted by atomic mass is 10.0. The maximum absolute atomic E-state index is 12.6. The first-order valence-electron chi connectivity index (χ1n) is 22.5. The van der Waals surface area contributed by atoms with Crippen molar-refractivity contribution in [2.75, 3.05) is 26.4 Å². The van der Waals surface area contributed by atoms with E-state index in [1.165, 1.54) is 89.9 Å². The Hall–Kier alpha value is -2.59. The van der Waals surface area contributed by atoms with Gasteiger partial charge in [0, 0.05) is 13.0 Å². The van der Waals surface area contributed by atoms with Gasteiger partial charge in [0.15, 0.2) is 0 Å². The van der Waals surface area contributed by atoms with Crippen molar-refractivity contribution in [1.29, 1.82) is 0 Å². The van der Waals surface area contributed by atoms with Crippen LogP contribution in [0.2, 0.25) is 0 Å². The molecule has 10 nitrogen and oxygen atoms in total. The molecule has 3 unspecified atom stereocenters. The molecule has 11 heteroatoms. The maximum atomic E-state index is 12.6. The number of carboxylic acid groups (broad SMARTS) is 1. The van der Waals surface area contributed by atoms with E-state index < -0.39 is 45.1 Å². The number of carboxylic acids is 1. The van der Waals surface area contributed by atoms with E-state index in [1.807, 2.05) is 12.2 Å². The van der Waals surface area contributed by atoms with Crippen molar-refractivity contribution >= 4 is 19.8 Å². The zero-order valence-corrected chi connectivity index (χ0v) is 37.3. The van der Waals surface area contributed by atoms with E-state index in [4.69, 9.17) is 29.4 Å². The number of nitrogens with two attached hydrogens (primary N) is 1. The molecule has 0 heterocycles. The lowest BCUT2D eigenvalue weighted by Gasteiger charge is -2.20. The van der Waals surface area contributed by atoms with E-state index in [1.54, 1.807) is 0 Å². The molecule has 0 aliphatic heterocycles. The highest BCUT2D eigenvalue weighted by molar-refractivity contribution is 7.47. The summed E-state index contributed by atoms with van der Waals surface area (Å²) in [6.07, 6.45) is 52.6. The van der Waals surface area contributed by atoms with E-state index in [2.05, 4.69) is 74.6 Å². The molecule has 0 fully saturated rings. The Morgan fingerprint density at radius 1 is 0.569 bits per heavy atom. The van der Waals surface area contributed by atoms with Crippen molar-refractivity contribution in [2.24, 2.45) is 5.73 Å². The highest BCUT2D eigenvalue weighted by Gasteiger charge is 2.27. The molecule has 4 N–H and O–H groups in total. The molecule has 0 saturated heterocycles. The van der Waals surface area contributed by atoms with Crippen LogP contribution in [0.1, 0.15) is 174 Å². The molecule has 0 amide bonds. The summed E-state index contributed by atoms with van der Waals surface area (Å²) in [4.78, 5) is 33.5. The van der Waals surface area contributed by atoms with Gasteiger partial charge in [0.05, 0.1) is 19.8 Å².